The van der Waals surface area contributed by atoms with Crippen LogP contribution in [0.3, 0.4) is 0 Å². The molecule has 0 fully saturated rings. The Bertz CT molecular complexity index is 788. The minimum Gasteiger partial charge on any atom is -0.493 e. The van der Waals surface area contributed by atoms with E-state index in [0.29, 0.717) is 12.1 Å². The fraction of sp³-hybridized carbons (Fsp3) is 0.375. The van der Waals surface area contributed by atoms with Crippen LogP contribution in [0.1, 0.15) is 24.9 Å². The van der Waals surface area contributed by atoms with Crippen LogP contribution >= 0.6 is 0 Å². The van der Waals surface area contributed by atoms with Crippen molar-refractivity contribution < 1.29 is 28.7 Å². The lowest BCUT2D eigenvalue weighted by molar-refractivity contribution is -0.385. The topological polar surface area (TPSA) is 129 Å². The molecule has 1 aromatic carbocycles. The number of esters is 1. The number of methoxy groups -OCH3 is 3. The molecule has 0 bridgehead atoms. The predicted molar refractivity (Wildman–Crippen MR) is 89.9 cm³/mol. The maximum Gasteiger partial charge on any atom is 0.337 e. The van der Waals surface area contributed by atoms with E-state index in [2.05, 4.69) is 10.6 Å². The number of carbonyl (C=O) groups is 2. The highest BCUT2D eigenvalue weighted by atomic mass is 16.6. The number of nitrogens with zero attached hydrogens (tertiary/aromatic N) is 1. The summed E-state index contributed by atoms with van der Waals surface area (Å²) in [6.45, 7) is 1.76. The number of allylic oxidation sites excluding steroid dienone is 1. The van der Waals surface area contributed by atoms with Crippen molar-refractivity contribution in [2.24, 2.45) is 0 Å². The molecule has 0 saturated heterocycles. The molecular weight excluding hydrogens is 346 g/mol. The highest BCUT2D eigenvalue weighted by molar-refractivity contribution is 5.95. The van der Waals surface area contributed by atoms with E-state index in [9.17, 15) is 19.7 Å². The number of nitrogens with one attached hydrogen (secondary N) is 2. The molecule has 1 aliphatic heterocycles. The number of hydrogen-bond donors (Lipinski definition) is 2. The van der Waals surface area contributed by atoms with Crippen molar-refractivity contribution in [3.63, 3.8) is 0 Å². The first-order valence-corrected chi connectivity index (χ1v) is 7.67. The third-order valence-electron chi connectivity index (χ3n) is 3.92. The van der Waals surface area contributed by atoms with Gasteiger partial charge in [0.2, 0.25) is 5.75 Å². The van der Waals surface area contributed by atoms with Crippen LogP contribution in [0.5, 0.6) is 11.5 Å². The first-order valence-electron chi connectivity index (χ1n) is 7.67. The van der Waals surface area contributed by atoms with Crippen molar-refractivity contribution in [1.29, 1.82) is 0 Å². The summed E-state index contributed by atoms with van der Waals surface area (Å²) in [7, 11) is 3.83. The molecule has 0 aliphatic carbocycles. The summed E-state index contributed by atoms with van der Waals surface area (Å²) in [6, 6.07) is 1.23. The third kappa shape index (κ3) is 3.39. The fourth-order valence-corrected chi connectivity index (χ4v) is 2.77. The van der Waals surface area contributed by atoms with E-state index < -0.39 is 23.0 Å². The lowest BCUT2D eigenvalue weighted by Crippen LogP contribution is -2.45. The highest BCUT2D eigenvalue weighted by Crippen LogP contribution is 2.41. The molecule has 2 N–H and O–H groups in total. The van der Waals surface area contributed by atoms with Gasteiger partial charge in [-0.25, -0.2) is 9.59 Å². The van der Waals surface area contributed by atoms with Gasteiger partial charge in [0, 0.05) is 11.8 Å². The summed E-state index contributed by atoms with van der Waals surface area (Å²) in [6.07, 6.45) is 0.365. The van der Waals surface area contributed by atoms with Crippen LogP contribution in [0, 0.1) is 10.1 Å². The van der Waals surface area contributed by atoms with Gasteiger partial charge >= 0.3 is 17.7 Å². The Labute approximate surface area is 149 Å². The SMILES string of the molecule is CCC1=C(C(=O)OC)C(c2cc(OC)c(OC)c([N+](=O)[O-])c2)NC(=O)N1. The molecule has 0 radical (unpaired) electrons. The van der Waals surface area contributed by atoms with Crippen molar-refractivity contribution in [3.05, 3.63) is 39.1 Å². The second-order valence-electron chi connectivity index (χ2n) is 5.30. The quantitative estimate of drug-likeness (QED) is 0.447. The number of ether oxygens (including phenoxy) is 3. The third-order valence-corrected chi connectivity index (χ3v) is 3.92. The molecule has 1 atom stereocenters. The minimum atomic E-state index is -0.940. The summed E-state index contributed by atoms with van der Waals surface area (Å²) < 4.78 is 15.0. The van der Waals surface area contributed by atoms with Crippen LogP contribution in [-0.4, -0.2) is 38.3 Å². The molecular formula is C16H19N3O7. The number of urea groups is 1. The van der Waals surface area contributed by atoms with Crippen molar-refractivity contribution in [1.82, 2.24) is 10.6 Å². The van der Waals surface area contributed by atoms with E-state index in [1.165, 1.54) is 33.5 Å². The van der Waals surface area contributed by atoms with Crippen LogP contribution < -0.4 is 20.1 Å². The zero-order chi connectivity index (χ0) is 19.4. The van der Waals surface area contributed by atoms with Crippen LogP contribution in [0.4, 0.5) is 10.5 Å². The molecule has 10 nitrogen and oxygen atoms in total. The maximum absolute atomic E-state index is 12.3. The van der Waals surface area contributed by atoms with Gasteiger partial charge in [0.25, 0.3) is 0 Å². The Morgan fingerprint density at radius 3 is 2.46 bits per heavy atom. The van der Waals surface area contributed by atoms with Crippen LogP contribution in [-0.2, 0) is 9.53 Å². The van der Waals surface area contributed by atoms with Crippen molar-refractivity contribution >= 4 is 17.7 Å². The summed E-state index contributed by atoms with van der Waals surface area (Å²) in [4.78, 5) is 35.0. The van der Waals surface area contributed by atoms with E-state index in [-0.39, 0.29) is 28.3 Å². The number of nitro benzene ring substituents is 1. The molecule has 10 heteroatoms. The number of amides is 2. The lowest BCUT2D eigenvalue weighted by Gasteiger charge is -2.29. The van der Waals surface area contributed by atoms with Gasteiger partial charge in [0.1, 0.15) is 0 Å². The Hall–Kier alpha value is -3.30. The first-order chi connectivity index (χ1) is 12.4. The minimum absolute atomic E-state index is 0.0548. The average molecular weight is 365 g/mol. The van der Waals surface area contributed by atoms with Crippen molar-refractivity contribution in [2.45, 2.75) is 19.4 Å². The monoisotopic (exact) mass is 365 g/mol. The van der Waals surface area contributed by atoms with Gasteiger partial charge in [0.05, 0.1) is 37.9 Å². The van der Waals surface area contributed by atoms with Gasteiger partial charge in [-0.1, -0.05) is 6.92 Å². The van der Waals surface area contributed by atoms with E-state index in [4.69, 9.17) is 14.2 Å². The zero-order valence-corrected chi connectivity index (χ0v) is 14.7. The van der Waals surface area contributed by atoms with Crippen molar-refractivity contribution in [2.75, 3.05) is 21.3 Å². The Balaban J connectivity index is 2.71. The Kier molecular flexibility index (Phi) is 5.65. The smallest absolute Gasteiger partial charge is 0.337 e. The van der Waals surface area contributed by atoms with Gasteiger partial charge in [-0.3, -0.25) is 10.1 Å². The van der Waals surface area contributed by atoms with Crippen LogP contribution in [0.2, 0.25) is 0 Å². The van der Waals surface area contributed by atoms with Gasteiger partial charge in [-0.2, -0.15) is 0 Å². The standard InChI is InChI=1S/C16H19N3O7/c1-5-9-12(15(20)26-4)13(18-16(21)17-9)8-6-10(19(22)23)14(25-3)11(7-8)24-2/h6-7,13H,5H2,1-4H3,(H2,17,18,21). The van der Waals surface area contributed by atoms with E-state index in [1.807, 2.05) is 0 Å². The molecule has 1 aliphatic rings. The number of carbonyl (C=O) groups excluding carboxylic acids is 2. The van der Waals surface area contributed by atoms with E-state index >= 15 is 0 Å². The summed E-state index contributed by atoms with van der Waals surface area (Å²) >= 11 is 0. The summed E-state index contributed by atoms with van der Waals surface area (Å²) in [5, 5.41) is 16.6. The fourth-order valence-electron chi connectivity index (χ4n) is 2.77. The van der Waals surface area contributed by atoms with E-state index in [0.717, 1.165) is 0 Å². The second-order valence-corrected chi connectivity index (χ2v) is 5.30. The molecule has 1 aromatic rings. The number of rotatable bonds is 6. The van der Waals surface area contributed by atoms with Crippen molar-refractivity contribution in [3.8, 4) is 11.5 Å². The molecule has 26 heavy (non-hydrogen) atoms. The lowest BCUT2D eigenvalue weighted by atomic mass is 9.93. The summed E-state index contributed by atoms with van der Waals surface area (Å²) in [5.74, 6) is -0.607. The molecule has 0 spiro atoms. The molecule has 1 unspecified atom stereocenters. The predicted octanol–water partition coefficient (Wildman–Crippen LogP) is 1.80. The maximum atomic E-state index is 12.3. The number of nitro groups is 1. The molecule has 2 rings (SSSR count). The molecule has 0 aromatic heterocycles. The van der Waals surface area contributed by atoms with Crippen LogP contribution in [0.25, 0.3) is 0 Å². The van der Waals surface area contributed by atoms with Gasteiger partial charge in [-0.15, -0.1) is 0 Å². The highest BCUT2D eigenvalue weighted by Gasteiger charge is 2.35. The average Bonchev–Trinajstić information content (AvgIpc) is 2.65. The van der Waals surface area contributed by atoms with E-state index in [1.54, 1.807) is 6.92 Å². The zero-order valence-electron chi connectivity index (χ0n) is 14.7. The summed E-state index contributed by atoms with van der Waals surface area (Å²) in [5.41, 5.74) is 0.478. The Morgan fingerprint density at radius 1 is 1.27 bits per heavy atom. The normalized spacial score (nSPS) is 16.5. The molecule has 140 valence electrons. The second kappa shape index (κ2) is 7.72. The van der Waals surface area contributed by atoms with Gasteiger partial charge < -0.3 is 24.8 Å². The Morgan fingerprint density at radius 2 is 1.96 bits per heavy atom. The van der Waals surface area contributed by atoms with Crippen LogP contribution in [0.15, 0.2) is 23.4 Å². The molecule has 2 amide bonds. The number of benzene rings is 1. The molecule has 1 heterocycles. The first kappa shape index (κ1) is 19.0. The molecule has 0 saturated carbocycles. The number of hydrogen-bond acceptors (Lipinski definition) is 7. The van der Waals surface area contributed by atoms with Gasteiger partial charge in [0.15, 0.2) is 5.75 Å². The largest absolute Gasteiger partial charge is 0.493 e. The van der Waals surface area contributed by atoms with Gasteiger partial charge in [-0.05, 0) is 18.1 Å².